The van der Waals surface area contributed by atoms with Crippen molar-refractivity contribution in [3.63, 3.8) is 0 Å². The van der Waals surface area contributed by atoms with Gasteiger partial charge < -0.3 is 29.2 Å². The summed E-state index contributed by atoms with van der Waals surface area (Å²) in [6.07, 6.45) is 2.64. The Morgan fingerprint density at radius 1 is 0.976 bits per heavy atom. The minimum Gasteiger partial charge on any atom is -0.507 e. The van der Waals surface area contributed by atoms with Gasteiger partial charge in [0, 0.05) is 56.3 Å². The Kier molecular flexibility index (Phi) is 7.21. The molecule has 0 radical (unpaired) electrons. The third-order valence-corrected chi connectivity index (χ3v) is 7.31. The molecule has 11 heteroatoms. The largest absolute Gasteiger partial charge is 0.507 e. The molecule has 41 heavy (non-hydrogen) atoms. The van der Waals surface area contributed by atoms with Crippen LogP contribution in [0, 0.1) is 0 Å². The second-order valence-electron chi connectivity index (χ2n) is 11.2. The standard InChI is InChI=1S/C30H32ClN5O5/c1-30(2,3)41-29(40)33-19-10-23(34(4)16-19)27(38)32-18-11-24(35(5)15-18)28(39)36-14-17(13-31)26-21-9-7-6-8-20(21)25(37)12-22(26)36/h6-12,15-17,37H,13-14H2,1-5H3,(H,32,38)(H,33,40)/t17-/m1/s1. The Bertz CT molecular complexity index is 1680. The van der Waals surface area contributed by atoms with Gasteiger partial charge in [-0.05, 0) is 43.9 Å². The lowest BCUT2D eigenvalue weighted by Gasteiger charge is -2.19. The Hall–Kier alpha value is -4.44. The maximum Gasteiger partial charge on any atom is 0.412 e. The quantitative estimate of drug-likeness (QED) is 0.259. The second kappa shape index (κ2) is 10.5. The van der Waals surface area contributed by atoms with E-state index in [0.29, 0.717) is 46.3 Å². The number of hydrogen-bond donors (Lipinski definition) is 3. The van der Waals surface area contributed by atoms with Crippen molar-refractivity contribution in [2.24, 2.45) is 14.1 Å². The average molecular weight is 578 g/mol. The number of anilines is 3. The molecule has 0 aliphatic carbocycles. The molecule has 3 N–H and O–H groups in total. The van der Waals surface area contributed by atoms with E-state index in [2.05, 4.69) is 10.6 Å². The van der Waals surface area contributed by atoms with Crippen molar-refractivity contribution in [3.05, 3.63) is 71.8 Å². The molecule has 214 valence electrons. The zero-order chi connectivity index (χ0) is 29.6. The fourth-order valence-electron chi connectivity index (χ4n) is 5.20. The number of nitrogens with one attached hydrogen (secondary N) is 2. The molecule has 0 unspecified atom stereocenters. The number of alkyl halides is 1. The van der Waals surface area contributed by atoms with Crippen LogP contribution in [-0.2, 0) is 18.8 Å². The number of benzene rings is 2. The smallest absolute Gasteiger partial charge is 0.412 e. The summed E-state index contributed by atoms with van der Waals surface area (Å²) >= 11 is 6.33. The minimum atomic E-state index is -0.655. The van der Waals surface area contributed by atoms with Crippen LogP contribution in [0.5, 0.6) is 5.75 Å². The van der Waals surface area contributed by atoms with Gasteiger partial charge in [-0.25, -0.2) is 4.79 Å². The lowest BCUT2D eigenvalue weighted by Crippen LogP contribution is -2.31. The lowest BCUT2D eigenvalue weighted by molar-refractivity contribution is 0.0635. The van der Waals surface area contributed by atoms with Crippen molar-refractivity contribution in [3.8, 4) is 5.75 Å². The fraction of sp³-hybridized carbons (Fsp3) is 0.300. The van der Waals surface area contributed by atoms with Crippen LogP contribution >= 0.6 is 11.6 Å². The van der Waals surface area contributed by atoms with Gasteiger partial charge in [0.25, 0.3) is 11.8 Å². The van der Waals surface area contributed by atoms with E-state index in [9.17, 15) is 19.5 Å². The number of ether oxygens (including phenoxy) is 1. The number of aryl methyl sites for hydroxylation is 2. The van der Waals surface area contributed by atoms with Crippen molar-refractivity contribution in [2.75, 3.05) is 28.0 Å². The van der Waals surface area contributed by atoms with Crippen LogP contribution in [0.2, 0.25) is 0 Å². The highest BCUT2D eigenvalue weighted by Gasteiger charge is 2.35. The maximum atomic E-state index is 13.8. The van der Waals surface area contributed by atoms with Gasteiger partial charge in [0.2, 0.25) is 0 Å². The number of aromatic hydroxyl groups is 1. The molecule has 0 bridgehead atoms. The number of nitrogens with zero attached hydrogens (tertiary/aromatic N) is 3. The van der Waals surface area contributed by atoms with Crippen LogP contribution in [0.15, 0.2) is 54.9 Å². The summed E-state index contributed by atoms with van der Waals surface area (Å²) in [5, 5.41) is 17.7. The van der Waals surface area contributed by atoms with E-state index < -0.39 is 17.6 Å². The first-order valence-electron chi connectivity index (χ1n) is 13.1. The first-order valence-corrected chi connectivity index (χ1v) is 13.7. The van der Waals surface area contributed by atoms with Crippen molar-refractivity contribution in [1.82, 2.24) is 9.13 Å². The van der Waals surface area contributed by atoms with E-state index in [4.69, 9.17) is 16.3 Å². The Labute approximate surface area is 242 Å². The number of hydrogen-bond acceptors (Lipinski definition) is 5. The molecule has 0 saturated heterocycles. The van der Waals surface area contributed by atoms with Gasteiger partial charge >= 0.3 is 6.09 Å². The van der Waals surface area contributed by atoms with Gasteiger partial charge in [0.1, 0.15) is 22.7 Å². The predicted octanol–water partition coefficient (Wildman–Crippen LogP) is 5.80. The number of fused-ring (bicyclic) bond motifs is 3. The Balaban J connectivity index is 1.36. The molecular formula is C30H32ClN5O5. The van der Waals surface area contributed by atoms with Gasteiger partial charge in [0.05, 0.1) is 17.1 Å². The van der Waals surface area contributed by atoms with E-state index in [1.807, 2.05) is 24.3 Å². The van der Waals surface area contributed by atoms with Gasteiger partial charge in [-0.2, -0.15) is 0 Å². The van der Waals surface area contributed by atoms with Crippen molar-refractivity contribution in [1.29, 1.82) is 0 Å². The van der Waals surface area contributed by atoms with Crippen LogP contribution in [0.4, 0.5) is 21.9 Å². The Morgan fingerprint density at radius 3 is 2.24 bits per heavy atom. The number of carbonyl (C=O) groups excluding carboxylic acids is 3. The van der Waals surface area contributed by atoms with E-state index >= 15 is 0 Å². The fourth-order valence-corrected chi connectivity index (χ4v) is 5.46. The van der Waals surface area contributed by atoms with Crippen LogP contribution in [-0.4, -0.2) is 50.2 Å². The molecular weight excluding hydrogens is 546 g/mol. The van der Waals surface area contributed by atoms with E-state index in [1.165, 1.54) is 0 Å². The number of carbonyl (C=O) groups is 3. The predicted molar refractivity (Wildman–Crippen MR) is 159 cm³/mol. The normalized spacial score (nSPS) is 14.7. The molecule has 1 atom stereocenters. The zero-order valence-electron chi connectivity index (χ0n) is 23.5. The number of phenols is 1. The molecule has 2 aromatic carbocycles. The summed E-state index contributed by atoms with van der Waals surface area (Å²) in [4.78, 5) is 40.6. The lowest BCUT2D eigenvalue weighted by atomic mass is 9.95. The average Bonchev–Trinajstić information content (AvgIpc) is 3.56. The molecule has 0 fully saturated rings. The molecule has 1 aliphatic heterocycles. The highest BCUT2D eigenvalue weighted by Crippen LogP contribution is 2.45. The SMILES string of the molecule is Cn1cc(NC(=O)OC(C)(C)C)cc1C(=O)Nc1cc(C(=O)N2C[C@@H](CCl)c3c2cc(O)c2ccccc32)n(C)c1. The van der Waals surface area contributed by atoms with E-state index in [1.54, 1.807) is 79.5 Å². The van der Waals surface area contributed by atoms with Gasteiger partial charge in [-0.3, -0.25) is 14.9 Å². The first-order chi connectivity index (χ1) is 19.4. The molecule has 0 saturated carbocycles. The van der Waals surface area contributed by atoms with E-state index in [0.717, 1.165) is 10.9 Å². The molecule has 0 spiro atoms. The number of amides is 3. The van der Waals surface area contributed by atoms with Crippen LogP contribution < -0.4 is 15.5 Å². The molecule has 10 nitrogen and oxygen atoms in total. The molecule has 2 aromatic heterocycles. The number of aromatic nitrogens is 2. The van der Waals surface area contributed by atoms with Crippen molar-refractivity contribution in [2.45, 2.75) is 32.3 Å². The summed E-state index contributed by atoms with van der Waals surface area (Å²) in [6, 6.07) is 12.3. The Morgan fingerprint density at radius 2 is 1.59 bits per heavy atom. The number of halogens is 1. The highest BCUT2D eigenvalue weighted by molar-refractivity contribution is 6.19. The summed E-state index contributed by atoms with van der Waals surface area (Å²) in [7, 11) is 3.41. The van der Waals surface area contributed by atoms with Gasteiger partial charge in [0.15, 0.2) is 0 Å². The molecule has 3 amide bonds. The highest BCUT2D eigenvalue weighted by atomic mass is 35.5. The van der Waals surface area contributed by atoms with Crippen molar-refractivity contribution < 1.29 is 24.2 Å². The number of phenolic OH excluding ortho intramolecular Hbond substituents is 1. The van der Waals surface area contributed by atoms with Crippen molar-refractivity contribution >= 4 is 57.3 Å². The van der Waals surface area contributed by atoms with Gasteiger partial charge in [-0.15, -0.1) is 11.6 Å². The van der Waals surface area contributed by atoms with Gasteiger partial charge in [-0.1, -0.05) is 24.3 Å². The monoisotopic (exact) mass is 577 g/mol. The molecule has 1 aliphatic rings. The first kappa shape index (κ1) is 28.1. The molecule has 5 rings (SSSR count). The third-order valence-electron chi connectivity index (χ3n) is 6.94. The van der Waals surface area contributed by atoms with E-state index in [-0.39, 0.29) is 17.6 Å². The molecule has 4 aromatic rings. The maximum absolute atomic E-state index is 13.8. The van der Waals surface area contributed by atoms with Crippen LogP contribution in [0.25, 0.3) is 10.8 Å². The van der Waals surface area contributed by atoms with Crippen LogP contribution in [0.1, 0.15) is 53.2 Å². The summed E-state index contributed by atoms with van der Waals surface area (Å²) in [5.41, 5.74) is 2.40. The summed E-state index contributed by atoms with van der Waals surface area (Å²) in [6.45, 7) is 5.66. The zero-order valence-corrected chi connectivity index (χ0v) is 24.2. The van der Waals surface area contributed by atoms with Crippen LogP contribution in [0.3, 0.4) is 0 Å². The number of rotatable bonds is 5. The second-order valence-corrected chi connectivity index (χ2v) is 11.5. The topological polar surface area (TPSA) is 118 Å². The molecule has 3 heterocycles. The summed E-state index contributed by atoms with van der Waals surface area (Å²) in [5.74, 6) is -0.378. The third kappa shape index (κ3) is 5.47. The summed E-state index contributed by atoms with van der Waals surface area (Å²) < 4.78 is 8.50. The minimum absolute atomic E-state index is 0.0929.